The van der Waals surface area contributed by atoms with E-state index in [1.54, 1.807) is 0 Å². The van der Waals surface area contributed by atoms with Gasteiger partial charge in [-0.2, -0.15) is 0 Å². The van der Waals surface area contributed by atoms with Gasteiger partial charge < -0.3 is 15.7 Å². The Morgan fingerprint density at radius 3 is 2.15 bits per heavy atom. The van der Waals surface area contributed by atoms with Crippen molar-refractivity contribution in [3.8, 4) is 0 Å². The van der Waals surface area contributed by atoms with E-state index in [0.29, 0.717) is 5.56 Å². The van der Waals surface area contributed by atoms with Gasteiger partial charge in [-0.15, -0.1) is 0 Å². The first-order valence-corrected chi connectivity index (χ1v) is 6.92. The van der Waals surface area contributed by atoms with E-state index in [9.17, 15) is 9.59 Å². The Morgan fingerprint density at radius 2 is 1.60 bits per heavy atom. The van der Waals surface area contributed by atoms with Crippen molar-refractivity contribution in [3.63, 3.8) is 0 Å². The molecular weight excluding hydrogens is 256 g/mol. The molecule has 0 aromatic heterocycles. The number of carboxylic acid groups (broad SMARTS) is 1. The molecule has 1 aromatic rings. The fourth-order valence-electron chi connectivity index (χ4n) is 2.65. The van der Waals surface area contributed by atoms with Crippen LogP contribution in [0.1, 0.15) is 41.6 Å². The van der Waals surface area contributed by atoms with Crippen LogP contribution in [0.3, 0.4) is 0 Å². The number of hydrogen-bond donors (Lipinski definition) is 3. The van der Waals surface area contributed by atoms with E-state index in [1.165, 1.54) is 0 Å². The summed E-state index contributed by atoms with van der Waals surface area (Å²) in [5, 5.41) is 14.2. The molecule has 0 spiro atoms. The molecule has 20 heavy (non-hydrogen) atoms. The van der Waals surface area contributed by atoms with Gasteiger partial charge in [-0.3, -0.25) is 4.79 Å². The Kier molecular flexibility index (Phi) is 4.61. The minimum atomic E-state index is -0.975. The summed E-state index contributed by atoms with van der Waals surface area (Å²) >= 11 is 0. The van der Waals surface area contributed by atoms with Crippen molar-refractivity contribution >= 4 is 12.0 Å². The van der Waals surface area contributed by atoms with Gasteiger partial charge >= 0.3 is 6.09 Å². The Hall–Kier alpha value is -2.04. The molecule has 5 heteroatoms. The predicted molar refractivity (Wildman–Crippen MR) is 75.8 cm³/mol. The molecule has 1 aromatic carbocycles. The van der Waals surface area contributed by atoms with E-state index < -0.39 is 6.09 Å². The number of carbonyl (C=O) groups excluding carboxylic acids is 1. The average molecular weight is 276 g/mol. The molecule has 0 unspecified atom stereocenters. The minimum absolute atomic E-state index is 0.0131. The first-order chi connectivity index (χ1) is 9.56. The van der Waals surface area contributed by atoms with Crippen LogP contribution in [0, 0.1) is 6.92 Å². The second-order valence-corrected chi connectivity index (χ2v) is 5.29. The summed E-state index contributed by atoms with van der Waals surface area (Å²) in [5.74, 6) is -0.0438. The van der Waals surface area contributed by atoms with Crippen LogP contribution in [-0.2, 0) is 0 Å². The van der Waals surface area contributed by atoms with Gasteiger partial charge in [0.15, 0.2) is 0 Å². The Bertz CT molecular complexity index is 494. The molecule has 5 nitrogen and oxygen atoms in total. The summed E-state index contributed by atoms with van der Waals surface area (Å²) in [6, 6.07) is 7.66. The number of aryl methyl sites for hydroxylation is 1. The first kappa shape index (κ1) is 14.4. The number of benzene rings is 1. The Balaban J connectivity index is 1.85. The maximum Gasteiger partial charge on any atom is 0.404 e. The van der Waals surface area contributed by atoms with E-state index in [-0.39, 0.29) is 18.0 Å². The van der Waals surface area contributed by atoms with Gasteiger partial charge in [0, 0.05) is 17.6 Å². The number of nitrogens with one attached hydrogen (secondary N) is 2. The second kappa shape index (κ2) is 6.41. The quantitative estimate of drug-likeness (QED) is 0.792. The van der Waals surface area contributed by atoms with E-state index in [4.69, 9.17) is 5.11 Å². The summed E-state index contributed by atoms with van der Waals surface area (Å²) < 4.78 is 0. The van der Waals surface area contributed by atoms with Gasteiger partial charge in [-0.25, -0.2) is 4.79 Å². The molecule has 0 heterocycles. The van der Waals surface area contributed by atoms with Crippen molar-refractivity contribution in [2.24, 2.45) is 0 Å². The lowest BCUT2D eigenvalue weighted by molar-refractivity contribution is 0.0922. The average Bonchev–Trinajstić information content (AvgIpc) is 2.41. The highest BCUT2D eigenvalue weighted by atomic mass is 16.4. The van der Waals surface area contributed by atoms with Crippen molar-refractivity contribution in [1.29, 1.82) is 0 Å². The maximum atomic E-state index is 12.2. The minimum Gasteiger partial charge on any atom is -0.465 e. The molecule has 1 saturated carbocycles. The van der Waals surface area contributed by atoms with Crippen LogP contribution in [0.25, 0.3) is 0 Å². The lowest BCUT2D eigenvalue weighted by Gasteiger charge is -2.29. The molecule has 2 amide bonds. The van der Waals surface area contributed by atoms with Crippen LogP contribution in [-0.4, -0.2) is 29.2 Å². The first-order valence-electron chi connectivity index (χ1n) is 6.92. The van der Waals surface area contributed by atoms with Crippen LogP contribution in [0.5, 0.6) is 0 Å². The van der Waals surface area contributed by atoms with E-state index in [2.05, 4.69) is 10.6 Å². The van der Waals surface area contributed by atoms with Crippen molar-refractivity contribution in [3.05, 3.63) is 35.4 Å². The van der Waals surface area contributed by atoms with Gasteiger partial charge in [0.05, 0.1) is 0 Å². The van der Waals surface area contributed by atoms with Crippen LogP contribution in [0.4, 0.5) is 4.79 Å². The molecule has 2 rings (SSSR count). The Labute approximate surface area is 118 Å². The SMILES string of the molecule is Cc1ccccc1C(=O)NC1CCC(NC(=O)O)CC1. The van der Waals surface area contributed by atoms with Gasteiger partial charge in [0.25, 0.3) is 5.91 Å². The fourth-order valence-corrected chi connectivity index (χ4v) is 2.65. The molecule has 3 N–H and O–H groups in total. The van der Waals surface area contributed by atoms with Gasteiger partial charge in [-0.1, -0.05) is 18.2 Å². The molecule has 0 aliphatic heterocycles. The maximum absolute atomic E-state index is 12.2. The van der Waals surface area contributed by atoms with Gasteiger partial charge in [0.1, 0.15) is 0 Å². The molecular formula is C15H20N2O3. The number of rotatable bonds is 3. The third-order valence-corrected chi connectivity index (χ3v) is 3.78. The van der Waals surface area contributed by atoms with Crippen LogP contribution in [0.15, 0.2) is 24.3 Å². The highest BCUT2D eigenvalue weighted by Gasteiger charge is 2.23. The second-order valence-electron chi connectivity index (χ2n) is 5.29. The summed E-state index contributed by atoms with van der Waals surface area (Å²) in [6.45, 7) is 1.92. The van der Waals surface area contributed by atoms with Crippen LogP contribution >= 0.6 is 0 Å². The zero-order chi connectivity index (χ0) is 14.5. The lowest BCUT2D eigenvalue weighted by Crippen LogP contribution is -2.43. The molecule has 108 valence electrons. The zero-order valence-corrected chi connectivity index (χ0v) is 11.6. The third-order valence-electron chi connectivity index (χ3n) is 3.78. The Morgan fingerprint density at radius 1 is 1.05 bits per heavy atom. The summed E-state index contributed by atoms with van der Waals surface area (Å²) in [6.07, 6.45) is 2.18. The van der Waals surface area contributed by atoms with Crippen molar-refractivity contribution < 1.29 is 14.7 Å². The number of hydrogen-bond acceptors (Lipinski definition) is 2. The summed E-state index contributed by atoms with van der Waals surface area (Å²) in [4.78, 5) is 22.7. The fraction of sp³-hybridized carbons (Fsp3) is 0.467. The molecule has 1 fully saturated rings. The molecule has 0 atom stereocenters. The van der Waals surface area contributed by atoms with E-state index >= 15 is 0 Å². The van der Waals surface area contributed by atoms with Gasteiger partial charge in [0.2, 0.25) is 0 Å². The monoisotopic (exact) mass is 276 g/mol. The van der Waals surface area contributed by atoms with E-state index in [1.807, 2.05) is 31.2 Å². The van der Waals surface area contributed by atoms with E-state index in [0.717, 1.165) is 31.2 Å². The lowest BCUT2D eigenvalue weighted by atomic mass is 9.91. The largest absolute Gasteiger partial charge is 0.465 e. The van der Waals surface area contributed by atoms with Crippen LogP contribution in [0.2, 0.25) is 0 Å². The topological polar surface area (TPSA) is 78.4 Å². The van der Waals surface area contributed by atoms with Crippen molar-refractivity contribution in [2.45, 2.75) is 44.7 Å². The highest BCUT2D eigenvalue weighted by molar-refractivity contribution is 5.95. The molecule has 1 aliphatic carbocycles. The number of amides is 2. The van der Waals surface area contributed by atoms with Crippen molar-refractivity contribution in [1.82, 2.24) is 10.6 Å². The zero-order valence-electron chi connectivity index (χ0n) is 11.6. The molecule has 0 saturated heterocycles. The molecule has 0 radical (unpaired) electrons. The highest BCUT2D eigenvalue weighted by Crippen LogP contribution is 2.19. The third kappa shape index (κ3) is 3.73. The normalized spacial score (nSPS) is 22.1. The van der Waals surface area contributed by atoms with Crippen LogP contribution < -0.4 is 10.6 Å². The number of carbonyl (C=O) groups is 2. The predicted octanol–water partition coefficient (Wildman–Crippen LogP) is 2.30. The summed E-state index contributed by atoms with van der Waals surface area (Å²) in [5.41, 5.74) is 1.67. The van der Waals surface area contributed by atoms with Gasteiger partial charge in [-0.05, 0) is 44.2 Å². The smallest absolute Gasteiger partial charge is 0.404 e. The molecule has 0 bridgehead atoms. The summed E-state index contributed by atoms with van der Waals surface area (Å²) in [7, 11) is 0. The standard InChI is InChI=1S/C15H20N2O3/c1-10-4-2-3-5-13(10)14(18)16-11-6-8-12(9-7-11)17-15(19)20/h2-5,11-12,17H,6-9H2,1H3,(H,16,18)(H,19,20). The van der Waals surface area contributed by atoms with Crippen molar-refractivity contribution in [2.75, 3.05) is 0 Å². The molecule has 1 aliphatic rings.